The summed E-state index contributed by atoms with van der Waals surface area (Å²) in [6, 6.07) is -0.683. The van der Waals surface area contributed by atoms with E-state index in [0.29, 0.717) is 12.8 Å². The number of nitrogens with two attached hydrogens (primary N) is 1. The Hall–Kier alpha value is -1.69. The van der Waals surface area contributed by atoms with E-state index in [1.807, 2.05) is 0 Å². The van der Waals surface area contributed by atoms with Crippen molar-refractivity contribution in [1.82, 2.24) is 10.2 Å². The highest BCUT2D eigenvalue weighted by Gasteiger charge is 2.34. The molecule has 98 valence electrons. The van der Waals surface area contributed by atoms with Gasteiger partial charge in [0, 0.05) is 19.5 Å². The first-order chi connectivity index (χ1) is 8.49. The normalized spacial score (nSPS) is 31.9. The third kappa shape index (κ3) is 2.43. The second kappa shape index (κ2) is 4.89. The molecule has 1 fully saturated rings. The average molecular weight is 251 g/mol. The Kier molecular flexibility index (Phi) is 3.47. The predicted molar refractivity (Wildman–Crippen MR) is 64.2 cm³/mol. The van der Waals surface area contributed by atoms with Gasteiger partial charge in [-0.3, -0.25) is 19.3 Å². The molecule has 0 bridgehead atoms. The van der Waals surface area contributed by atoms with Crippen LogP contribution >= 0.6 is 0 Å². The monoisotopic (exact) mass is 251 g/mol. The summed E-state index contributed by atoms with van der Waals surface area (Å²) in [5, 5.41) is 2.69. The van der Waals surface area contributed by atoms with Crippen LogP contribution in [-0.2, 0) is 14.4 Å². The molecule has 6 nitrogen and oxygen atoms in total. The second-order valence-electron chi connectivity index (χ2n) is 4.78. The van der Waals surface area contributed by atoms with E-state index in [9.17, 15) is 14.4 Å². The molecule has 0 saturated carbocycles. The summed E-state index contributed by atoms with van der Waals surface area (Å²) in [7, 11) is 1.44. The number of carbonyl (C=O) groups excluding carboxylic acids is 3. The Morgan fingerprint density at radius 2 is 2.17 bits per heavy atom. The number of piperidine rings is 1. The van der Waals surface area contributed by atoms with E-state index in [1.165, 1.54) is 7.05 Å². The van der Waals surface area contributed by atoms with E-state index in [-0.39, 0.29) is 36.1 Å². The van der Waals surface area contributed by atoms with Crippen molar-refractivity contribution in [3.8, 4) is 0 Å². The van der Waals surface area contributed by atoms with Gasteiger partial charge < -0.3 is 11.1 Å². The van der Waals surface area contributed by atoms with Gasteiger partial charge in [0.05, 0.1) is 5.92 Å². The van der Waals surface area contributed by atoms with Gasteiger partial charge in [0.15, 0.2) is 0 Å². The molecule has 18 heavy (non-hydrogen) atoms. The Morgan fingerprint density at radius 3 is 2.78 bits per heavy atom. The smallest absolute Gasteiger partial charge is 0.251 e. The van der Waals surface area contributed by atoms with E-state index < -0.39 is 6.04 Å². The topological polar surface area (TPSA) is 92.5 Å². The highest BCUT2D eigenvalue weighted by atomic mass is 16.2. The van der Waals surface area contributed by atoms with Crippen molar-refractivity contribution in [1.29, 1.82) is 0 Å². The van der Waals surface area contributed by atoms with Crippen LogP contribution in [0.2, 0.25) is 0 Å². The molecule has 1 aliphatic heterocycles. The number of nitrogens with one attached hydrogen (secondary N) is 1. The van der Waals surface area contributed by atoms with Crippen molar-refractivity contribution in [2.45, 2.75) is 31.3 Å². The van der Waals surface area contributed by atoms with E-state index in [4.69, 9.17) is 5.73 Å². The molecule has 1 saturated heterocycles. The van der Waals surface area contributed by atoms with Gasteiger partial charge in [0.25, 0.3) is 5.91 Å². The highest BCUT2D eigenvalue weighted by molar-refractivity contribution is 6.01. The van der Waals surface area contributed by atoms with Crippen molar-refractivity contribution < 1.29 is 14.4 Å². The SMILES string of the molecule is CN1C(=O)CCC(NC(=O)C2C=CC(N)C2)C1=O. The fraction of sp³-hybridized carbons (Fsp3) is 0.583. The van der Waals surface area contributed by atoms with E-state index >= 15 is 0 Å². The number of nitrogens with zero attached hydrogens (tertiary/aromatic N) is 1. The van der Waals surface area contributed by atoms with Gasteiger partial charge in [-0.25, -0.2) is 0 Å². The average Bonchev–Trinajstić information content (AvgIpc) is 2.77. The van der Waals surface area contributed by atoms with Gasteiger partial charge in [-0.05, 0) is 12.8 Å². The summed E-state index contributed by atoms with van der Waals surface area (Å²) in [6.07, 6.45) is 4.79. The minimum Gasteiger partial charge on any atom is -0.344 e. The molecule has 2 rings (SSSR count). The van der Waals surface area contributed by atoms with Crippen LogP contribution in [0.15, 0.2) is 12.2 Å². The van der Waals surface area contributed by atoms with Gasteiger partial charge >= 0.3 is 0 Å². The Balaban J connectivity index is 1.94. The van der Waals surface area contributed by atoms with Crippen molar-refractivity contribution in [2.24, 2.45) is 11.7 Å². The number of carbonyl (C=O) groups is 3. The first-order valence-electron chi connectivity index (χ1n) is 6.03. The summed E-state index contributed by atoms with van der Waals surface area (Å²) < 4.78 is 0. The van der Waals surface area contributed by atoms with Gasteiger partial charge in [0.1, 0.15) is 6.04 Å². The van der Waals surface area contributed by atoms with Crippen LogP contribution in [0, 0.1) is 5.92 Å². The van der Waals surface area contributed by atoms with Gasteiger partial charge in [-0.15, -0.1) is 0 Å². The molecule has 3 amide bonds. The number of hydrogen-bond acceptors (Lipinski definition) is 4. The zero-order valence-corrected chi connectivity index (χ0v) is 10.3. The summed E-state index contributed by atoms with van der Waals surface area (Å²) in [6.45, 7) is 0. The lowest BCUT2D eigenvalue weighted by atomic mass is 10.0. The summed E-state index contributed by atoms with van der Waals surface area (Å²) in [5.74, 6) is -1.00. The van der Waals surface area contributed by atoms with Gasteiger partial charge in [0.2, 0.25) is 11.8 Å². The zero-order valence-electron chi connectivity index (χ0n) is 10.3. The van der Waals surface area contributed by atoms with Gasteiger partial charge in [-0.1, -0.05) is 12.2 Å². The molecule has 1 aliphatic carbocycles. The summed E-state index contributed by atoms with van der Waals surface area (Å²) >= 11 is 0. The molecule has 2 aliphatic rings. The lowest BCUT2D eigenvalue weighted by molar-refractivity contribution is -0.149. The Morgan fingerprint density at radius 1 is 1.44 bits per heavy atom. The van der Waals surface area contributed by atoms with Crippen LogP contribution in [0.25, 0.3) is 0 Å². The first-order valence-corrected chi connectivity index (χ1v) is 6.03. The lowest BCUT2D eigenvalue weighted by Gasteiger charge is -2.28. The van der Waals surface area contributed by atoms with Crippen molar-refractivity contribution >= 4 is 17.7 Å². The summed E-state index contributed by atoms with van der Waals surface area (Å²) in [4.78, 5) is 36.1. The third-order valence-electron chi connectivity index (χ3n) is 3.42. The minimum absolute atomic E-state index is 0.0907. The second-order valence-corrected chi connectivity index (χ2v) is 4.78. The number of likely N-dealkylation sites (tertiary alicyclic amines) is 1. The molecule has 3 atom stereocenters. The van der Waals surface area contributed by atoms with Crippen LogP contribution in [0.1, 0.15) is 19.3 Å². The minimum atomic E-state index is -0.592. The van der Waals surface area contributed by atoms with Crippen LogP contribution < -0.4 is 11.1 Å². The molecular formula is C12H17N3O3. The fourth-order valence-electron chi connectivity index (χ4n) is 2.25. The summed E-state index contributed by atoms with van der Waals surface area (Å²) in [5.41, 5.74) is 5.68. The molecule has 3 unspecified atom stereocenters. The van der Waals surface area contributed by atoms with E-state index in [2.05, 4.69) is 5.32 Å². The fourth-order valence-corrected chi connectivity index (χ4v) is 2.25. The maximum absolute atomic E-state index is 11.9. The molecule has 0 aromatic heterocycles. The molecule has 0 aromatic rings. The van der Waals surface area contributed by atoms with Crippen LogP contribution in [0.4, 0.5) is 0 Å². The van der Waals surface area contributed by atoms with E-state index in [1.54, 1.807) is 12.2 Å². The van der Waals surface area contributed by atoms with Crippen LogP contribution in [0.5, 0.6) is 0 Å². The first kappa shape index (κ1) is 12.8. The highest BCUT2D eigenvalue weighted by Crippen LogP contribution is 2.18. The quantitative estimate of drug-likeness (QED) is 0.494. The third-order valence-corrected chi connectivity index (χ3v) is 3.42. The Bertz CT molecular complexity index is 419. The molecule has 0 spiro atoms. The molecule has 1 heterocycles. The standard InChI is InChI=1S/C12H17N3O3/c1-15-10(16)5-4-9(12(15)18)14-11(17)7-2-3-8(13)6-7/h2-3,7-9H,4-6,13H2,1H3,(H,14,17). The number of imide groups is 1. The number of likely N-dealkylation sites (N-methyl/N-ethyl adjacent to an activating group) is 1. The zero-order chi connectivity index (χ0) is 13.3. The van der Waals surface area contributed by atoms with Crippen LogP contribution in [0.3, 0.4) is 0 Å². The number of amides is 3. The van der Waals surface area contributed by atoms with Crippen molar-refractivity contribution in [3.05, 3.63) is 12.2 Å². The van der Waals surface area contributed by atoms with Crippen molar-refractivity contribution in [3.63, 3.8) is 0 Å². The largest absolute Gasteiger partial charge is 0.344 e. The molecule has 6 heteroatoms. The van der Waals surface area contributed by atoms with Crippen molar-refractivity contribution in [2.75, 3.05) is 7.05 Å². The predicted octanol–water partition coefficient (Wildman–Crippen LogP) is -0.847. The maximum Gasteiger partial charge on any atom is 0.251 e. The number of hydrogen-bond donors (Lipinski definition) is 2. The van der Waals surface area contributed by atoms with Gasteiger partial charge in [-0.2, -0.15) is 0 Å². The Labute approximate surface area is 105 Å². The maximum atomic E-state index is 11.9. The lowest BCUT2D eigenvalue weighted by Crippen LogP contribution is -2.53. The van der Waals surface area contributed by atoms with Crippen LogP contribution in [-0.4, -0.2) is 41.8 Å². The van der Waals surface area contributed by atoms with E-state index in [0.717, 1.165) is 4.90 Å². The molecule has 3 N–H and O–H groups in total. The molecule has 0 aromatic carbocycles. The number of rotatable bonds is 2. The molecule has 0 radical (unpaired) electrons. The molecular weight excluding hydrogens is 234 g/mol.